The average Bonchev–Trinajstić information content (AvgIpc) is 2.77. The normalized spacial score (nSPS) is 13.1. The lowest BCUT2D eigenvalue weighted by molar-refractivity contribution is -0.141. The molecule has 2 aromatic carbocycles. The number of carbonyl (C=O) groups excluding carboxylic acids is 3. The van der Waals surface area contributed by atoms with E-state index in [9.17, 15) is 14.4 Å². The maximum Gasteiger partial charge on any atom is 0.408 e. The average molecular weight is 530 g/mol. The molecule has 0 spiro atoms. The summed E-state index contributed by atoms with van der Waals surface area (Å²) < 4.78 is 5.40. The van der Waals surface area contributed by atoms with Gasteiger partial charge in [0, 0.05) is 6.54 Å². The van der Waals surface area contributed by atoms with E-state index in [1.165, 1.54) is 4.90 Å². The van der Waals surface area contributed by atoms with Gasteiger partial charge in [-0.05, 0) is 77.1 Å². The predicted molar refractivity (Wildman–Crippen MR) is 149 cm³/mol. The Balaban J connectivity index is 2.53. The molecule has 2 unspecified atom stereocenters. The number of nitrogens with zero attached hydrogens (tertiary/aromatic N) is 1. The summed E-state index contributed by atoms with van der Waals surface area (Å²) in [5.74, 6) is -1.01. The van der Waals surface area contributed by atoms with E-state index in [-0.39, 0.29) is 18.4 Å². The molecule has 0 radical (unpaired) electrons. The first-order chi connectivity index (χ1) is 17.2. The zero-order chi connectivity index (χ0) is 28.1. The fraction of sp³-hybridized carbons (Fsp3) is 0.483. The van der Waals surface area contributed by atoms with Crippen LogP contribution in [-0.2, 0) is 14.3 Å². The summed E-state index contributed by atoms with van der Waals surface area (Å²) >= 11 is 6.40. The van der Waals surface area contributed by atoms with Crippen molar-refractivity contribution in [1.29, 1.82) is 0 Å². The Morgan fingerprint density at radius 1 is 1.03 bits per heavy atom. The second-order valence-corrected chi connectivity index (χ2v) is 11.1. The van der Waals surface area contributed by atoms with Crippen LogP contribution < -0.4 is 10.6 Å². The number of aryl methyl sites for hydroxylation is 3. The Hall–Kier alpha value is -3.06. The SMILES string of the molecule is CCN(C(=O)C(NC(=O)OC(C)(C)C)C(C)C)C(C(=O)Nc1c(C)cccc1Cl)c1ccc(C)cc1C. The zero-order valence-electron chi connectivity index (χ0n) is 23.4. The second kappa shape index (κ2) is 12.5. The van der Waals surface area contributed by atoms with Crippen LogP contribution in [0.25, 0.3) is 0 Å². The largest absolute Gasteiger partial charge is 0.444 e. The van der Waals surface area contributed by atoms with Gasteiger partial charge >= 0.3 is 6.09 Å². The number of anilines is 1. The highest BCUT2D eigenvalue weighted by Crippen LogP contribution is 2.31. The minimum Gasteiger partial charge on any atom is -0.444 e. The Labute approximate surface area is 225 Å². The highest BCUT2D eigenvalue weighted by atomic mass is 35.5. The van der Waals surface area contributed by atoms with Gasteiger partial charge < -0.3 is 20.3 Å². The Bertz CT molecular complexity index is 1120. The van der Waals surface area contributed by atoms with E-state index in [0.29, 0.717) is 16.3 Å². The van der Waals surface area contributed by atoms with Crippen LogP contribution in [0, 0.1) is 26.7 Å². The predicted octanol–water partition coefficient (Wildman–Crippen LogP) is 6.34. The van der Waals surface area contributed by atoms with Crippen molar-refractivity contribution in [2.24, 2.45) is 5.92 Å². The lowest BCUT2D eigenvalue weighted by Gasteiger charge is -2.35. The molecule has 0 fully saturated rings. The molecule has 3 amide bonds. The highest BCUT2D eigenvalue weighted by molar-refractivity contribution is 6.34. The van der Waals surface area contributed by atoms with E-state index in [4.69, 9.17) is 16.3 Å². The number of para-hydroxylation sites is 1. The van der Waals surface area contributed by atoms with Crippen LogP contribution in [0.5, 0.6) is 0 Å². The number of benzene rings is 2. The number of carbonyl (C=O) groups is 3. The van der Waals surface area contributed by atoms with Gasteiger partial charge in [0.25, 0.3) is 5.91 Å². The molecule has 0 saturated carbocycles. The van der Waals surface area contributed by atoms with Gasteiger partial charge in [-0.3, -0.25) is 9.59 Å². The first-order valence-corrected chi connectivity index (χ1v) is 13.0. The van der Waals surface area contributed by atoms with E-state index in [1.807, 2.05) is 71.9 Å². The monoisotopic (exact) mass is 529 g/mol. The summed E-state index contributed by atoms with van der Waals surface area (Å²) in [6.45, 7) is 16.8. The standard InChI is InChI=1S/C29H40ClN3O4/c1-10-33(27(35)23(17(2)3)32-28(36)37-29(7,8)9)25(21-15-14-18(4)16-20(21)6)26(34)31-24-19(5)12-11-13-22(24)30/h11-17,23,25H,10H2,1-9H3,(H,31,34)(H,32,36). The third kappa shape index (κ3) is 7.96. The number of hydrogen-bond acceptors (Lipinski definition) is 4. The summed E-state index contributed by atoms with van der Waals surface area (Å²) in [7, 11) is 0. The van der Waals surface area contributed by atoms with Crippen LogP contribution in [0.4, 0.5) is 10.5 Å². The zero-order valence-corrected chi connectivity index (χ0v) is 24.1. The smallest absolute Gasteiger partial charge is 0.408 e. The third-order valence-corrected chi connectivity index (χ3v) is 6.29. The maximum absolute atomic E-state index is 14.0. The van der Waals surface area contributed by atoms with Crippen molar-refractivity contribution in [2.75, 3.05) is 11.9 Å². The topological polar surface area (TPSA) is 87.7 Å². The van der Waals surface area contributed by atoms with Crippen LogP contribution >= 0.6 is 11.6 Å². The van der Waals surface area contributed by atoms with Crippen LogP contribution in [0.3, 0.4) is 0 Å². The van der Waals surface area contributed by atoms with Gasteiger partial charge in [0.1, 0.15) is 17.7 Å². The number of alkyl carbamates (subject to hydrolysis) is 1. The van der Waals surface area contributed by atoms with Gasteiger partial charge in [-0.2, -0.15) is 0 Å². The molecule has 0 heterocycles. The van der Waals surface area contributed by atoms with E-state index < -0.39 is 29.7 Å². The van der Waals surface area contributed by atoms with Crippen molar-refractivity contribution < 1.29 is 19.1 Å². The van der Waals surface area contributed by atoms with Crippen LogP contribution in [0.15, 0.2) is 36.4 Å². The highest BCUT2D eigenvalue weighted by Gasteiger charge is 2.37. The Kier molecular flexibility index (Phi) is 10.2. The summed E-state index contributed by atoms with van der Waals surface area (Å²) in [5.41, 5.74) is 3.21. The van der Waals surface area contributed by atoms with Crippen molar-refractivity contribution in [3.05, 3.63) is 63.7 Å². The van der Waals surface area contributed by atoms with Gasteiger partial charge in [-0.15, -0.1) is 0 Å². The van der Waals surface area contributed by atoms with E-state index in [1.54, 1.807) is 26.8 Å². The molecule has 0 aliphatic rings. The van der Waals surface area contributed by atoms with E-state index in [0.717, 1.165) is 16.7 Å². The molecular weight excluding hydrogens is 490 g/mol. The number of likely N-dealkylation sites (N-methyl/N-ethyl adjacent to an activating group) is 1. The first-order valence-electron chi connectivity index (χ1n) is 12.6. The van der Waals surface area contributed by atoms with Crippen molar-refractivity contribution in [2.45, 2.75) is 80.0 Å². The molecule has 37 heavy (non-hydrogen) atoms. The minimum absolute atomic E-state index is 0.241. The maximum atomic E-state index is 14.0. The third-order valence-electron chi connectivity index (χ3n) is 5.98. The molecule has 2 N–H and O–H groups in total. The molecular formula is C29H40ClN3O4. The quantitative estimate of drug-likeness (QED) is 0.417. The lowest BCUT2D eigenvalue weighted by Crippen LogP contribution is -2.54. The molecule has 2 aromatic rings. The summed E-state index contributed by atoms with van der Waals surface area (Å²) in [5, 5.41) is 6.08. The van der Waals surface area contributed by atoms with Crippen LogP contribution in [-0.4, -0.2) is 41.0 Å². The molecule has 202 valence electrons. The number of amides is 3. The molecule has 2 atom stereocenters. The number of rotatable bonds is 8. The van der Waals surface area contributed by atoms with Gasteiger partial charge in [0.15, 0.2) is 0 Å². The van der Waals surface area contributed by atoms with Gasteiger partial charge in [0.2, 0.25) is 5.91 Å². The summed E-state index contributed by atoms with van der Waals surface area (Å²) in [6, 6.07) is 9.30. The molecule has 8 heteroatoms. The molecule has 2 rings (SSSR count). The molecule has 0 aromatic heterocycles. The number of ether oxygens (including phenoxy) is 1. The Morgan fingerprint density at radius 2 is 1.68 bits per heavy atom. The van der Waals surface area contributed by atoms with Crippen molar-refractivity contribution in [3.63, 3.8) is 0 Å². The van der Waals surface area contributed by atoms with Crippen molar-refractivity contribution >= 4 is 35.2 Å². The molecule has 7 nitrogen and oxygen atoms in total. The first kappa shape index (κ1) is 30.2. The molecule has 0 aliphatic heterocycles. The van der Waals surface area contributed by atoms with Gasteiger partial charge in [0.05, 0.1) is 10.7 Å². The molecule has 0 bridgehead atoms. The fourth-order valence-electron chi connectivity index (χ4n) is 4.16. The van der Waals surface area contributed by atoms with Gasteiger partial charge in [-0.25, -0.2) is 4.79 Å². The second-order valence-electron chi connectivity index (χ2n) is 10.7. The molecule has 0 saturated heterocycles. The van der Waals surface area contributed by atoms with Crippen LogP contribution in [0.2, 0.25) is 5.02 Å². The summed E-state index contributed by atoms with van der Waals surface area (Å²) in [4.78, 5) is 41.9. The molecule has 0 aliphatic carbocycles. The van der Waals surface area contributed by atoms with Crippen LogP contribution in [0.1, 0.15) is 69.8 Å². The fourth-order valence-corrected chi connectivity index (χ4v) is 4.43. The van der Waals surface area contributed by atoms with Crippen molar-refractivity contribution in [3.8, 4) is 0 Å². The summed E-state index contributed by atoms with van der Waals surface area (Å²) in [6.07, 6.45) is -0.685. The van der Waals surface area contributed by atoms with E-state index in [2.05, 4.69) is 10.6 Å². The number of halogens is 1. The Morgan fingerprint density at radius 3 is 2.19 bits per heavy atom. The lowest BCUT2D eigenvalue weighted by atomic mass is 9.95. The van der Waals surface area contributed by atoms with Gasteiger partial charge in [-0.1, -0.05) is 61.3 Å². The minimum atomic E-state index is -0.949. The van der Waals surface area contributed by atoms with Crippen molar-refractivity contribution in [1.82, 2.24) is 10.2 Å². The number of hydrogen-bond donors (Lipinski definition) is 2. The van der Waals surface area contributed by atoms with E-state index >= 15 is 0 Å². The number of nitrogens with one attached hydrogen (secondary N) is 2.